The summed E-state index contributed by atoms with van der Waals surface area (Å²) in [6.07, 6.45) is 0.0549. The molecule has 0 unspecified atom stereocenters. The summed E-state index contributed by atoms with van der Waals surface area (Å²) in [6.45, 7) is 2.51. The summed E-state index contributed by atoms with van der Waals surface area (Å²) >= 11 is 0. The molecular weight excluding hydrogens is 291 g/mol. The molecular formula is C19H19FN2O. The number of nitrogens with zero attached hydrogens (tertiary/aromatic N) is 1. The van der Waals surface area contributed by atoms with Crippen LogP contribution in [0.4, 0.5) is 4.39 Å². The van der Waals surface area contributed by atoms with E-state index in [-0.39, 0.29) is 18.1 Å². The van der Waals surface area contributed by atoms with Crippen molar-refractivity contribution >= 4 is 16.8 Å². The van der Waals surface area contributed by atoms with E-state index in [0.717, 1.165) is 10.9 Å². The number of rotatable bonds is 4. The first-order chi connectivity index (χ1) is 11.0. The Kier molecular flexibility index (Phi) is 4.15. The van der Waals surface area contributed by atoms with Gasteiger partial charge in [0.15, 0.2) is 0 Å². The number of benzene rings is 2. The minimum atomic E-state index is -0.344. The van der Waals surface area contributed by atoms with Crippen LogP contribution in [0.1, 0.15) is 16.8 Å². The van der Waals surface area contributed by atoms with Crippen molar-refractivity contribution in [2.24, 2.45) is 7.05 Å². The van der Waals surface area contributed by atoms with E-state index in [1.165, 1.54) is 17.3 Å². The molecule has 1 amide bonds. The maximum absolute atomic E-state index is 13.5. The zero-order valence-corrected chi connectivity index (χ0v) is 13.3. The van der Waals surface area contributed by atoms with Crippen LogP contribution in [0.3, 0.4) is 0 Å². The van der Waals surface area contributed by atoms with Crippen LogP contribution in [-0.2, 0) is 24.8 Å². The molecule has 3 rings (SSSR count). The normalized spacial score (nSPS) is 10.9. The number of fused-ring (bicyclic) bond motifs is 1. The number of hydrogen-bond donors (Lipinski definition) is 1. The van der Waals surface area contributed by atoms with Crippen molar-refractivity contribution < 1.29 is 9.18 Å². The molecule has 1 aromatic heterocycles. The van der Waals surface area contributed by atoms with Gasteiger partial charge in [0.25, 0.3) is 0 Å². The first-order valence-corrected chi connectivity index (χ1v) is 7.59. The summed E-state index contributed by atoms with van der Waals surface area (Å²) in [6, 6.07) is 14.6. The molecule has 3 nitrogen and oxygen atoms in total. The molecule has 0 fully saturated rings. The van der Waals surface area contributed by atoms with Gasteiger partial charge in [0.1, 0.15) is 5.82 Å². The quantitative estimate of drug-likeness (QED) is 0.786. The average molecular weight is 310 g/mol. The molecule has 0 saturated carbocycles. The molecule has 23 heavy (non-hydrogen) atoms. The third kappa shape index (κ3) is 3.26. The average Bonchev–Trinajstić information content (AvgIpc) is 2.82. The van der Waals surface area contributed by atoms with Gasteiger partial charge in [-0.05, 0) is 42.3 Å². The van der Waals surface area contributed by atoms with Gasteiger partial charge in [0.2, 0.25) is 5.91 Å². The van der Waals surface area contributed by atoms with E-state index in [2.05, 4.69) is 35.0 Å². The lowest BCUT2D eigenvalue weighted by molar-refractivity contribution is -0.120. The first kappa shape index (κ1) is 15.3. The van der Waals surface area contributed by atoms with E-state index in [1.54, 1.807) is 18.2 Å². The minimum absolute atomic E-state index is 0.0549. The summed E-state index contributed by atoms with van der Waals surface area (Å²) in [5.41, 5.74) is 3.81. The molecule has 0 radical (unpaired) electrons. The van der Waals surface area contributed by atoms with Crippen molar-refractivity contribution in [1.29, 1.82) is 0 Å². The molecule has 4 heteroatoms. The SMILES string of the molecule is Cc1cc2cc(CNC(=O)Cc3ccccc3F)ccc2n1C. The molecule has 0 aliphatic heterocycles. The molecule has 0 bridgehead atoms. The Morgan fingerprint density at radius 2 is 1.96 bits per heavy atom. The zero-order chi connectivity index (χ0) is 16.4. The Bertz CT molecular complexity index is 867. The minimum Gasteiger partial charge on any atom is -0.352 e. The van der Waals surface area contributed by atoms with Crippen molar-refractivity contribution in [2.75, 3.05) is 0 Å². The number of amides is 1. The van der Waals surface area contributed by atoms with E-state index in [1.807, 2.05) is 13.1 Å². The fourth-order valence-electron chi connectivity index (χ4n) is 2.72. The van der Waals surface area contributed by atoms with E-state index in [9.17, 15) is 9.18 Å². The Labute approximate surface area is 134 Å². The third-order valence-electron chi connectivity index (χ3n) is 4.15. The van der Waals surface area contributed by atoms with Gasteiger partial charge >= 0.3 is 0 Å². The molecule has 0 atom stereocenters. The van der Waals surface area contributed by atoms with Crippen molar-refractivity contribution in [1.82, 2.24) is 9.88 Å². The van der Waals surface area contributed by atoms with Crippen LogP contribution >= 0.6 is 0 Å². The second kappa shape index (κ2) is 6.24. The van der Waals surface area contributed by atoms with Crippen LogP contribution in [0, 0.1) is 12.7 Å². The highest BCUT2D eigenvalue weighted by Crippen LogP contribution is 2.19. The molecule has 0 aliphatic rings. The van der Waals surface area contributed by atoms with Gasteiger partial charge in [-0.2, -0.15) is 0 Å². The lowest BCUT2D eigenvalue weighted by Gasteiger charge is -2.07. The van der Waals surface area contributed by atoms with Crippen LogP contribution in [0.2, 0.25) is 0 Å². The smallest absolute Gasteiger partial charge is 0.224 e. The Hall–Kier alpha value is -2.62. The van der Waals surface area contributed by atoms with Gasteiger partial charge in [0.05, 0.1) is 6.42 Å². The highest BCUT2D eigenvalue weighted by molar-refractivity contribution is 5.82. The topological polar surface area (TPSA) is 34.0 Å². The van der Waals surface area contributed by atoms with Gasteiger partial charge in [0, 0.05) is 30.2 Å². The van der Waals surface area contributed by atoms with Crippen LogP contribution in [0.5, 0.6) is 0 Å². The number of aryl methyl sites for hydroxylation is 2. The lowest BCUT2D eigenvalue weighted by Crippen LogP contribution is -2.24. The molecule has 1 N–H and O–H groups in total. The number of halogens is 1. The highest BCUT2D eigenvalue weighted by atomic mass is 19.1. The van der Waals surface area contributed by atoms with Gasteiger partial charge in [-0.1, -0.05) is 24.3 Å². The molecule has 0 saturated heterocycles. The fourth-order valence-corrected chi connectivity index (χ4v) is 2.72. The summed E-state index contributed by atoms with van der Waals surface area (Å²) in [5, 5.41) is 4.01. The van der Waals surface area contributed by atoms with Crippen molar-refractivity contribution in [3.05, 3.63) is 71.2 Å². The zero-order valence-electron chi connectivity index (χ0n) is 13.3. The maximum atomic E-state index is 13.5. The standard InChI is InChI=1S/C19H19FN2O/c1-13-9-16-10-14(7-8-18(16)22(13)2)12-21-19(23)11-15-5-3-4-6-17(15)20/h3-10H,11-12H2,1-2H3,(H,21,23). The van der Waals surface area contributed by atoms with E-state index in [0.29, 0.717) is 12.1 Å². The van der Waals surface area contributed by atoms with Gasteiger partial charge in [-0.25, -0.2) is 4.39 Å². The van der Waals surface area contributed by atoms with Crippen LogP contribution in [0.25, 0.3) is 10.9 Å². The molecule has 0 aliphatic carbocycles. The third-order valence-corrected chi connectivity index (χ3v) is 4.15. The van der Waals surface area contributed by atoms with Gasteiger partial charge < -0.3 is 9.88 Å². The number of hydrogen-bond acceptors (Lipinski definition) is 1. The van der Waals surface area contributed by atoms with E-state index < -0.39 is 0 Å². The molecule has 118 valence electrons. The monoisotopic (exact) mass is 310 g/mol. The molecule has 0 spiro atoms. The summed E-state index contributed by atoms with van der Waals surface area (Å²) in [7, 11) is 2.04. The summed E-state index contributed by atoms with van der Waals surface area (Å²) in [4.78, 5) is 12.0. The van der Waals surface area contributed by atoms with Crippen molar-refractivity contribution in [2.45, 2.75) is 19.9 Å². The number of carbonyl (C=O) groups is 1. The molecule has 2 aromatic carbocycles. The van der Waals surface area contributed by atoms with Crippen LogP contribution < -0.4 is 5.32 Å². The summed E-state index contributed by atoms with van der Waals surface area (Å²) < 4.78 is 15.7. The largest absolute Gasteiger partial charge is 0.352 e. The van der Waals surface area contributed by atoms with Crippen LogP contribution in [0.15, 0.2) is 48.5 Å². The predicted octanol–water partition coefficient (Wildman–Crippen LogP) is 3.48. The van der Waals surface area contributed by atoms with Crippen LogP contribution in [-0.4, -0.2) is 10.5 Å². The highest BCUT2D eigenvalue weighted by Gasteiger charge is 2.08. The Morgan fingerprint density at radius 3 is 2.74 bits per heavy atom. The maximum Gasteiger partial charge on any atom is 0.224 e. The van der Waals surface area contributed by atoms with Crippen molar-refractivity contribution in [3.63, 3.8) is 0 Å². The molecule has 3 aromatic rings. The van der Waals surface area contributed by atoms with E-state index >= 15 is 0 Å². The van der Waals surface area contributed by atoms with E-state index in [4.69, 9.17) is 0 Å². The fraction of sp³-hybridized carbons (Fsp3) is 0.211. The summed E-state index contributed by atoms with van der Waals surface area (Å²) in [5.74, 6) is -0.525. The second-order valence-electron chi connectivity index (χ2n) is 5.78. The number of carbonyl (C=O) groups excluding carboxylic acids is 1. The van der Waals surface area contributed by atoms with Gasteiger partial charge in [-0.3, -0.25) is 4.79 Å². The second-order valence-corrected chi connectivity index (χ2v) is 5.78. The molecule has 1 heterocycles. The Balaban J connectivity index is 1.66. The number of nitrogens with one attached hydrogen (secondary N) is 1. The lowest BCUT2D eigenvalue weighted by atomic mass is 10.1. The number of aromatic nitrogens is 1. The van der Waals surface area contributed by atoms with Crippen molar-refractivity contribution in [3.8, 4) is 0 Å². The van der Waals surface area contributed by atoms with Gasteiger partial charge in [-0.15, -0.1) is 0 Å². The predicted molar refractivity (Wildman–Crippen MR) is 89.6 cm³/mol. The first-order valence-electron chi connectivity index (χ1n) is 7.59. The Morgan fingerprint density at radius 1 is 1.17 bits per heavy atom.